The van der Waals surface area contributed by atoms with E-state index in [9.17, 15) is 14.4 Å². The fourth-order valence-corrected chi connectivity index (χ4v) is 4.90. The number of rotatable bonds is 6. The van der Waals surface area contributed by atoms with Gasteiger partial charge in [0.15, 0.2) is 0 Å². The number of nitrogens with zero attached hydrogens (tertiary/aromatic N) is 3. The standard InChI is InChI=1S/C24H33Cl2N5O4/c1-6-35-22(32)20-19(13-30-9-10-31(15(4)12-30)24(34)27-14(2)3)29(5)23(33)28-21(20)17-8-7-16(25)11-18(17)26/h7-8,11,14-15,21H,6,9-10,12-13H2,1-5H3,(H,27,34)(H,28,33). The highest BCUT2D eigenvalue weighted by molar-refractivity contribution is 6.35. The molecule has 2 atom stereocenters. The summed E-state index contributed by atoms with van der Waals surface area (Å²) < 4.78 is 5.38. The molecule has 0 saturated carbocycles. The van der Waals surface area contributed by atoms with Crippen LogP contribution in [0, 0.1) is 0 Å². The lowest BCUT2D eigenvalue weighted by atomic mass is 9.94. The number of amides is 4. The Morgan fingerprint density at radius 1 is 1.26 bits per heavy atom. The van der Waals surface area contributed by atoms with E-state index in [-0.39, 0.29) is 30.8 Å². The third-order valence-electron chi connectivity index (χ3n) is 6.10. The molecule has 9 nitrogen and oxygen atoms in total. The average molecular weight is 526 g/mol. The van der Waals surface area contributed by atoms with E-state index in [0.717, 1.165) is 0 Å². The Hall–Kier alpha value is -2.49. The van der Waals surface area contributed by atoms with Crippen LogP contribution in [0.15, 0.2) is 29.5 Å². The Kier molecular flexibility index (Phi) is 8.90. The molecule has 0 spiro atoms. The van der Waals surface area contributed by atoms with Crippen LogP contribution in [0.5, 0.6) is 0 Å². The van der Waals surface area contributed by atoms with Gasteiger partial charge >= 0.3 is 18.0 Å². The van der Waals surface area contributed by atoms with Gasteiger partial charge in [-0.2, -0.15) is 0 Å². The molecule has 0 bridgehead atoms. The molecule has 0 radical (unpaired) electrons. The minimum atomic E-state index is -0.784. The maximum absolute atomic E-state index is 13.2. The van der Waals surface area contributed by atoms with Crippen LogP contribution in [-0.2, 0) is 9.53 Å². The Labute approximate surface area is 216 Å². The van der Waals surface area contributed by atoms with Gasteiger partial charge in [0.25, 0.3) is 0 Å². The molecule has 0 aromatic heterocycles. The molecule has 35 heavy (non-hydrogen) atoms. The number of urea groups is 2. The van der Waals surface area contributed by atoms with Crippen molar-refractivity contribution in [2.45, 2.75) is 45.8 Å². The fraction of sp³-hybridized carbons (Fsp3) is 0.542. The first-order valence-electron chi connectivity index (χ1n) is 11.7. The van der Waals surface area contributed by atoms with Crippen LogP contribution in [-0.4, -0.2) is 84.6 Å². The number of ether oxygens (including phenoxy) is 1. The Bertz CT molecular complexity index is 1020. The highest BCUT2D eigenvalue weighted by atomic mass is 35.5. The summed E-state index contributed by atoms with van der Waals surface area (Å²) in [6.45, 7) is 9.81. The maximum atomic E-state index is 13.2. The maximum Gasteiger partial charge on any atom is 0.338 e. The first-order chi connectivity index (χ1) is 16.5. The summed E-state index contributed by atoms with van der Waals surface area (Å²) in [5.74, 6) is -0.520. The van der Waals surface area contributed by atoms with Crippen molar-refractivity contribution < 1.29 is 19.1 Å². The summed E-state index contributed by atoms with van der Waals surface area (Å²) in [5, 5.41) is 6.60. The van der Waals surface area contributed by atoms with Crippen molar-refractivity contribution in [2.75, 3.05) is 39.8 Å². The van der Waals surface area contributed by atoms with E-state index in [1.54, 1.807) is 32.2 Å². The van der Waals surface area contributed by atoms with Gasteiger partial charge in [-0.3, -0.25) is 9.80 Å². The predicted molar refractivity (Wildman–Crippen MR) is 135 cm³/mol. The number of nitrogens with one attached hydrogen (secondary N) is 2. The lowest BCUT2D eigenvalue weighted by molar-refractivity contribution is -0.139. The molecule has 0 aliphatic carbocycles. The van der Waals surface area contributed by atoms with Crippen LogP contribution in [0.25, 0.3) is 0 Å². The summed E-state index contributed by atoms with van der Waals surface area (Å²) in [4.78, 5) is 44.0. The molecule has 2 heterocycles. The molecule has 1 aromatic rings. The van der Waals surface area contributed by atoms with Gasteiger partial charge in [0, 0.05) is 61.1 Å². The van der Waals surface area contributed by atoms with Gasteiger partial charge in [0.05, 0.1) is 18.2 Å². The molecule has 192 valence electrons. The Morgan fingerprint density at radius 2 is 1.97 bits per heavy atom. The van der Waals surface area contributed by atoms with E-state index >= 15 is 0 Å². The lowest BCUT2D eigenvalue weighted by Gasteiger charge is -2.42. The zero-order chi connectivity index (χ0) is 25.9. The highest BCUT2D eigenvalue weighted by Crippen LogP contribution is 2.36. The van der Waals surface area contributed by atoms with Crippen molar-refractivity contribution in [3.05, 3.63) is 45.1 Å². The second-order valence-corrected chi connectivity index (χ2v) is 9.91. The van der Waals surface area contributed by atoms with Gasteiger partial charge in [-0.05, 0) is 45.4 Å². The van der Waals surface area contributed by atoms with Gasteiger partial charge in [-0.25, -0.2) is 14.4 Å². The van der Waals surface area contributed by atoms with Gasteiger partial charge < -0.3 is 20.3 Å². The SMILES string of the molecule is CCOC(=O)C1=C(CN2CCN(C(=O)NC(C)C)C(C)C2)N(C)C(=O)NC1c1ccc(Cl)cc1Cl. The third kappa shape index (κ3) is 6.20. The monoisotopic (exact) mass is 525 g/mol. The Balaban J connectivity index is 1.93. The summed E-state index contributed by atoms with van der Waals surface area (Å²) in [6.07, 6.45) is 0. The summed E-state index contributed by atoms with van der Waals surface area (Å²) >= 11 is 12.5. The number of carbonyl (C=O) groups is 3. The van der Waals surface area contributed by atoms with Crippen LogP contribution in [0.3, 0.4) is 0 Å². The van der Waals surface area contributed by atoms with E-state index in [4.69, 9.17) is 27.9 Å². The van der Waals surface area contributed by atoms with Gasteiger partial charge in [-0.15, -0.1) is 0 Å². The van der Waals surface area contributed by atoms with Crippen LogP contribution >= 0.6 is 23.2 Å². The molecule has 2 unspecified atom stereocenters. The van der Waals surface area contributed by atoms with Crippen molar-refractivity contribution in [1.29, 1.82) is 0 Å². The van der Waals surface area contributed by atoms with Crippen molar-refractivity contribution in [3.63, 3.8) is 0 Å². The number of hydrogen-bond donors (Lipinski definition) is 2. The van der Waals surface area contributed by atoms with Crippen molar-refractivity contribution in [2.24, 2.45) is 0 Å². The number of piperazine rings is 1. The van der Waals surface area contributed by atoms with Crippen molar-refractivity contribution >= 4 is 41.2 Å². The van der Waals surface area contributed by atoms with Crippen molar-refractivity contribution in [3.8, 4) is 0 Å². The summed E-state index contributed by atoms with van der Waals surface area (Å²) in [7, 11) is 1.62. The van der Waals surface area contributed by atoms with Gasteiger partial charge in [-0.1, -0.05) is 29.3 Å². The third-order valence-corrected chi connectivity index (χ3v) is 6.67. The predicted octanol–water partition coefficient (Wildman–Crippen LogP) is 3.63. The zero-order valence-corrected chi connectivity index (χ0v) is 22.2. The van der Waals surface area contributed by atoms with E-state index in [0.29, 0.717) is 53.1 Å². The van der Waals surface area contributed by atoms with E-state index in [1.165, 1.54) is 4.90 Å². The first kappa shape index (κ1) is 27.1. The molecule has 2 aliphatic heterocycles. The van der Waals surface area contributed by atoms with E-state index in [1.807, 2.05) is 25.7 Å². The lowest BCUT2D eigenvalue weighted by Crippen LogP contribution is -2.58. The largest absolute Gasteiger partial charge is 0.463 e. The minimum Gasteiger partial charge on any atom is -0.463 e. The smallest absolute Gasteiger partial charge is 0.338 e. The number of benzene rings is 1. The molecule has 4 amide bonds. The van der Waals surface area contributed by atoms with E-state index in [2.05, 4.69) is 15.5 Å². The summed E-state index contributed by atoms with van der Waals surface area (Å²) in [6, 6.07) is 3.72. The number of carbonyl (C=O) groups excluding carboxylic acids is 3. The highest BCUT2D eigenvalue weighted by Gasteiger charge is 2.39. The summed E-state index contributed by atoms with van der Waals surface area (Å²) in [5.41, 5.74) is 1.42. The average Bonchev–Trinajstić information content (AvgIpc) is 2.76. The quantitative estimate of drug-likeness (QED) is 0.553. The van der Waals surface area contributed by atoms with E-state index < -0.39 is 12.0 Å². The molecule has 2 aliphatic rings. The topological polar surface area (TPSA) is 94.2 Å². The normalized spacial score (nSPS) is 21.3. The second-order valence-electron chi connectivity index (χ2n) is 9.07. The van der Waals surface area contributed by atoms with Crippen LogP contribution in [0.2, 0.25) is 10.0 Å². The molecule has 1 aromatic carbocycles. The molecule has 11 heteroatoms. The molecule has 2 N–H and O–H groups in total. The number of hydrogen-bond acceptors (Lipinski definition) is 5. The Morgan fingerprint density at radius 3 is 2.57 bits per heavy atom. The van der Waals surface area contributed by atoms with Gasteiger partial charge in [0.1, 0.15) is 0 Å². The zero-order valence-electron chi connectivity index (χ0n) is 20.7. The molecule has 1 fully saturated rings. The van der Waals surface area contributed by atoms with Crippen LogP contribution in [0.4, 0.5) is 9.59 Å². The van der Waals surface area contributed by atoms with Gasteiger partial charge in [0.2, 0.25) is 0 Å². The number of esters is 1. The minimum absolute atomic E-state index is 0.0432. The molecular weight excluding hydrogens is 493 g/mol. The molecular formula is C24H33Cl2N5O4. The van der Waals surface area contributed by atoms with Crippen molar-refractivity contribution in [1.82, 2.24) is 25.3 Å². The molecule has 3 rings (SSSR count). The first-order valence-corrected chi connectivity index (χ1v) is 12.5. The fourth-order valence-electron chi connectivity index (χ4n) is 4.39. The number of halogens is 2. The van der Waals surface area contributed by atoms with Crippen LogP contribution in [0.1, 0.15) is 39.3 Å². The number of likely N-dealkylation sites (N-methyl/N-ethyl adjacent to an activating group) is 1. The second kappa shape index (κ2) is 11.5. The molecule has 1 saturated heterocycles. The van der Waals surface area contributed by atoms with Crippen LogP contribution < -0.4 is 10.6 Å².